The number of nitrogens with one attached hydrogen (secondary N) is 1. The lowest BCUT2D eigenvalue weighted by molar-refractivity contribution is -0.121. The molecule has 0 saturated carbocycles. The average Bonchev–Trinajstić information content (AvgIpc) is 2.86. The van der Waals surface area contributed by atoms with E-state index in [4.69, 9.17) is 9.57 Å². The number of amides is 1. The number of carbonyl (C=O) groups excluding carboxylic acids is 1. The Labute approximate surface area is 190 Å². The molecule has 166 valence electrons. The fraction of sp³-hybridized carbons (Fsp3) is 0.120. The van der Waals surface area contributed by atoms with E-state index in [9.17, 15) is 9.59 Å². The van der Waals surface area contributed by atoms with Crippen LogP contribution in [-0.2, 0) is 16.2 Å². The second-order valence-corrected chi connectivity index (χ2v) is 7.14. The van der Waals surface area contributed by atoms with E-state index in [1.165, 1.54) is 0 Å². The molecule has 0 fully saturated rings. The normalized spacial score (nSPS) is 11.2. The van der Waals surface area contributed by atoms with Gasteiger partial charge in [0.05, 0.1) is 16.6 Å². The predicted molar refractivity (Wildman–Crippen MR) is 126 cm³/mol. The van der Waals surface area contributed by atoms with Gasteiger partial charge < -0.3 is 9.57 Å². The molecule has 33 heavy (non-hydrogen) atoms. The van der Waals surface area contributed by atoms with Crippen molar-refractivity contribution in [3.05, 3.63) is 107 Å². The van der Waals surface area contributed by atoms with E-state index >= 15 is 0 Å². The van der Waals surface area contributed by atoms with Crippen molar-refractivity contribution in [1.29, 1.82) is 0 Å². The Hall–Kier alpha value is -4.46. The Morgan fingerprint density at radius 2 is 1.64 bits per heavy atom. The first-order valence-corrected chi connectivity index (χ1v) is 10.3. The number of hydrogen-bond donors (Lipinski definition) is 1. The number of oxime groups is 1. The van der Waals surface area contributed by atoms with Crippen molar-refractivity contribution in [3.8, 4) is 5.75 Å². The summed E-state index contributed by atoms with van der Waals surface area (Å²) in [5, 5.41) is 4.35. The molecule has 3 aromatic carbocycles. The average molecular weight is 442 g/mol. The van der Waals surface area contributed by atoms with Gasteiger partial charge in [0.1, 0.15) is 12.4 Å². The third kappa shape index (κ3) is 5.43. The summed E-state index contributed by atoms with van der Waals surface area (Å²) in [6.07, 6.45) is 0. The Balaban J connectivity index is 1.52. The summed E-state index contributed by atoms with van der Waals surface area (Å²) in [4.78, 5) is 35.3. The minimum atomic E-state index is -0.556. The van der Waals surface area contributed by atoms with Gasteiger partial charge in [0, 0.05) is 0 Å². The van der Waals surface area contributed by atoms with Gasteiger partial charge in [0.25, 0.3) is 11.5 Å². The molecule has 0 radical (unpaired) electrons. The number of fused-ring (bicyclic) bond motifs is 1. The number of benzene rings is 3. The number of hydrogen-bond acceptors (Lipinski definition) is 6. The number of aromatic nitrogens is 2. The molecule has 0 aliphatic carbocycles. The van der Waals surface area contributed by atoms with E-state index in [2.05, 4.69) is 15.6 Å². The number of carbonyl (C=O) groups is 1. The zero-order valence-corrected chi connectivity index (χ0v) is 18.0. The Bertz CT molecular complexity index is 1340. The summed E-state index contributed by atoms with van der Waals surface area (Å²) in [5.41, 5.74) is 4.16. The van der Waals surface area contributed by atoms with Gasteiger partial charge in [-0.3, -0.25) is 15.0 Å². The SMILES string of the molecule is C/C(=N/OCC(=O)Nn1c(COc2ccccc2)nc2ccccc2c1=O)c1ccccc1. The molecule has 0 aliphatic heterocycles. The maximum atomic E-state index is 13.0. The second-order valence-electron chi connectivity index (χ2n) is 7.14. The van der Waals surface area contributed by atoms with Gasteiger partial charge in [-0.1, -0.05) is 65.8 Å². The molecule has 1 amide bonds. The molecule has 8 heteroatoms. The third-order valence-electron chi connectivity index (χ3n) is 4.78. The Morgan fingerprint density at radius 1 is 0.970 bits per heavy atom. The van der Waals surface area contributed by atoms with Crippen LogP contribution >= 0.6 is 0 Å². The summed E-state index contributed by atoms with van der Waals surface area (Å²) in [6.45, 7) is 1.39. The molecule has 8 nitrogen and oxygen atoms in total. The summed E-state index contributed by atoms with van der Waals surface area (Å²) < 4.78 is 6.84. The van der Waals surface area contributed by atoms with Crippen LogP contribution in [0.3, 0.4) is 0 Å². The number of para-hydroxylation sites is 2. The number of nitrogens with zero attached hydrogens (tertiary/aromatic N) is 3. The molecule has 1 N–H and O–H groups in total. The van der Waals surface area contributed by atoms with Crippen LogP contribution in [0.5, 0.6) is 5.75 Å². The fourth-order valence-electron chi connectivity index (χ4n) is 3.13. The molecular formula is C25H22N4O4. The van der Waals surface area contributed by atoms with E-state index in [-0.39, 0.29) is 19.0 Å². The zero-order valence-electron chi connectivity index (χ0n) is 18.0. The van der Waals surface area contributed by atoms with Crippen LogP contribution in [0.2, 0.25) is 0 Å². The van der Waals surface area contributed by atoms with Crippen molar-refractivity contribution in [2.45, 2.75) is 13.5 Å². The van der Waals surface area contributed by atoms with E-state index in [1.807, 2.05) is 48.5 Å². The first kappa shape index (κ1) is 21.8. The molecule has 0 aliphatic rings. The van der Waals surface area contributed by atoms with Crippen molar-refractivity contribution < 1.29 is 14.4 Å². The topological polar surface area (TPSA) is 94.8 Å². The lowest BCUT2D eigenvalue weighted by atomic mass is 10.1. The van der Waals surface area contributed by atoms with Crippen LogP contribution in [0.25, 0.3) is 10.9 Å². The van der Waals surface area contributed by atoms with E-state index < -0.39 is 11.5 Å². The summed E-state index contributed by atoms with van der Waals surface area (Å²) >= 11 is 0. The van der Waals surface area contributed by atoms with Crippen molar-refractivity contribution in [3.63, 3.8) is 0 Å². The minimum Gasteiger partial charge on any atom is -0.486 e. The largest absolute Gasteiger partial charge is 0.486 e. The Kier molecular flexibility index (Phi) is 6.75. The van der Waals surface area contributed by atoms with Gasteiger partial charge in [-0.05, 0) is 36.8 Å². The van der Waals surface area contributed by atoms with Crippen LogP contribution in [0.4, 0.5) is 0 Å². The van der Waals surface area contributed by atoms with Gasteiger partial charge in [-0.15, -0.1) is 0 Å². The minimum absolute atomic E-state index is 0.0174. The maximum Gasteiger partial charge on any atom is 0.280 e. The quantitative estimate of drug-likeness (QED) is 0.333. The summed E-state index contributed by atoms with van der Waals surface area (Å²) in [7, 11) is 0. The standard InChI is InChI=1S/C25H22N4O4/c1-18(19-10-4-2-5-11-19)28-33-17-24(30)27-29-23(16-32-20-12-6-3-7-13-20)26-22-15-9-8-14-21(22)25(29)31/h2-15H,16-17H2,1H3,(H,27,30)/b28-18-. The van der Waals surface area contributed by atoms with E-state index in [1.54, 1.807) is 43.3 Å². The summed E-state index contributed by atoms with van der Waals surface area (Å²) in [5.74, 6) is 0.312. The number of rotatable bonds is 8. The molecule has 1 aromatic heterocycles. The van der Waals surface area contributed by atoms with Gasteiger partial charge in [0.15, 0.2) is 12.4 Å². The number of ether oxygens (including phenoxy) is 1. The highest BCUT2D eigenvalue weighted by Gasteiger charge is 2.14. The van der Waals surface area contributed by atoms with Crippen molar-refractivity contribution in [2.75, 3.05) is 12.0 Å². The highest BCUT2D eigenvalue weighted by Crippen LogP contribution is 2.12. The van der Waals surface area contributed by atoms with Crippen LogP contribution in [0.15, 0.2) is 94.9 Å². The van der Waals surface area contributed by atoms with Crippen LogP contribution in [0.1, 0.15) is 18.3 Å². The molecule has 0 saturated heterocycles. The van der Waals surface area contributed by atoms with Gasteiger partial charge in [-0.25, -0.2) is 4.98 Å². The molecule has 4 rings (SSSR count). The van der Waals surface area contributed by atoms with E-state index in [0.717, 1.165) is 10.2 Å². The monoisotopic (exact) mass is 442 g/mol. The molecular weight excluding hydrogens is 420 g/mol. The molecule has 0 unspecified atom stereocenters. The lowest BCUT2D eigenvalue weighted by Crippen LogP contribution is -2.38. The third-order valence-corrected chi connectivity index (χ3v) is 4.78. The van der Waals surface area contributed by atoms with Gasteiger partial charge in [0.2, 0.25) is 0 Å². The van der Waals surface area contributed by atoms with Gasteiger partial charge >= 0.3 is 0 Å². The molecule has 0 bridgehead atoms. The summed E-state index contributed by atoms with van der Waals surface area (Å²) in [6, 6.07) is 25.5. The lowest BCUT2D eigenvalue weighted by Gasteiger charge is -2.15. The van der Waals surface area contributed by atoms with Crippen molar-refractivity contribution >= 4 is 22.5 Å². The van der Waals surface area contributed by atoms with Crippen LogP contribution < -0.4 is 15.7 Å². The molecule has 0 spiro atoms. The molecule has 0 atom stereocenters. The smallest absolute Gasteiger partial charge is 0.280 e. The van der Waals surface area contributed by atoms with Crippen molar-refractivity contribution in [1.82, 2.24) is 9.66 Å². The highest BCUT2D eigenvalue weighted by molar-refractivity contribution is 5.98. The van der Waals surface area contributed by atoms with E-state index in [0.29, 0.717) is 22.4 Å². The zero-order chi connectivity index (χ0) is 23.0. The van der Waals surface area contributed by atoms with Crippen molar-refractivity contribution in [2.24, 2.45) is 5.16 Å². The second kappa shape index (κ2) is 10.2. The molecule has 1 heterocycles. The first-order valence-electron chi connectivity index (χ1n) is 10.3. The van der Waals surface area contributed by atoms with Crippen LogP contribution in [-0.4, -0.2) is 27.9 Å². The maximum absolute atomic E-state index is 13.0. The highest BCUT2D eigenvalue weighted by atomic mass is 16.6. The predicted octanol–water partition coefficient (Wildman–Crippen LogP) is 3.49. The fourth-order valence-corrected chi connectivity index (χ4v) is 3.13. The first-order chi connectivity index (χ1) is 16.1. The molecule has 4 aromatic rings. The van der Waals surface area contributed by atoms with Crippen LogP contribution in [0, 0.1) is 0 Å². The Morgan fingerprint density at radius 3 is 2.39 bits per heavy atom. The van der Waals surface area contributed by atoms with Gasteiger partial charge in [-0.2, -0.15) is 4.68 Å².